The molecule has 1 atom stereocenters. The van der Waals surface area contributed by atoms with E-state index in [9.17, 15) is 26.4 Å². The predicted octanol–water partition coefficient (Wildman–Crippen LogP) is 1.72. The predicted molar refractivity (Wildman–Crippen MR) is 82.1 cm³/mol. The van der Waals surface area contributed by atoms with E-state index in [0.717, 1.165) is 4.31 Å². The van der Waals surface area contributed by atoms with Crippen LogP contribution in [0.1, 0.15) is 24.8 Å². The summed E-state index contributed by atoms with van der Waals surface area (Å²) in [5.41, 5.74) is -0.0935. The van der Waals surface area contributed by atoms with Crippen LogP contribution in [0.2, 0.25) is 0 Å². The summed E-state index contributed by atoms with van der Waals surface area (Å²) in [6.45, 7) is 0.289. The summed E-state index contributed by atoms with van der Waals surface area (Å²) < 4.78 is 65.8. The van der Waals surface area contributed by atoms with Gasteiger partial charge in [0.2, 0.25) is 15.9 Å². The minimum absolute atomic E-state index is 0.221. The maximum atomic E-state index is 12.4. The lowest BCUT2D eigenvalue weighted by Gasteiger charge is -2.21. The van der Waals surface area contributed by atoms with Crippen molar-refractivity contribution in [2.45, 2.75) is 36.4 Å². The van der Waals surface area contributed by atoms with E-state index in [0.29, 0.717) is 18.4 Å². The molecule has 0 radical (unpaired) electrons. The minimum Gasteiger partial charge on any atom is -0.406 e. The molecule has 10 heteroatoms. The van der Waals surface area contributed by atoms with Crippen molar-refractivity contribution >= 4 is 15.9 Å². The fraction of sp³-hybridized carbons (Fsp3) is 0.533. The zero-order valence-electron chi connectivity index (χ0n) is 13.3. The van der Waals surface area contributed by atoms with Crippen LogP contribution in [0.25, 0.3) is 0 Å². The zero-order chi connectivity index (χ0) is 18.5. The number of rotatable bonds is 4. The molecule has 0 spiro atoms. The second kappa shape index (κ2) is 5.87. The van der Waals surface area contributed by atoms with E-state index in [-0.39, 0.29) is 18.7 Å². The first kappa shape index (κ1) is 18.0. The van der Waals surface area contributed by atoms with E-state index in [1.807, 2.05) is 0 Å². The summed E-state index contributed by atoms with van der Waals surface area (Å²) in [6, 6.07) is 5.25. The van der Waals surface area contributed by atoms with Crippen molar-refractivity contribution in [3.05, 3.63) is 29.8 Å². The maximum absolute atomic E-state index is 12.4. The summed E-state index contributed by atoms with van der Waals surface area (Å²) in [5.74, 6) is -0.921. The molecular weight excluding hydrogens is 361 g/mol. The van der Waals surface area contributed by atoms with Crippen molar-refractivity contribution in [1.29, 1.82) is 0 Å². The molecule has 1 saturated heterocycles. The molecule has 138 valence electrons. The third-order valence-electron chi connectivity index (χ3n) is 4.55. The largest absolute Gasteiger partial charge is 0.573 e. The van der Waals surface area contributed by atoms with Crippen LogP contribution in [0.3, 0.4) is 0 Å². The number of nitrogens with one attached hydrogen (secondary N) is 1. The molecule has 1 amide bonds. The molecule has 1 aromatic rings. The fourth-order valence-corrected chi connectivity index (χ4v) is 4.49. The van der Waals surface area contributed by atoms with Crippen molar-refractivity contribution in [2.24, 2.45) is 0 Å². The Morgan fingerprint density at radius 1 is 1.28 bits per heavy atom. The van der Waals surface area contributed by atoms with Crippen LogP contribution in [0.15, 0.2) is 24.3 Å². The van der Waals surface area contributed by atoms with Crippen LogP contribution in [-0.2, 0) is 20.4 Å². The van der Waals surface area contributed by atoms with Gasteiger partial charge in [-0.15, -0.1) is 13.2 Å². The number of ether oxygens (including phenoxy) is 1. The van der Waals surface area contributed by atoms with Crippen molar-refractivity contribution < 1.29 is 31.1 Å². The van der Waals surface area contributed by atoms with E-state index in [1.165, 1.54) is 31.3 Å². The van der Waals surface area contributed by atoms with E-state index < -0.39 is 33.1 Å². The molecule has 1 N–H and O–H groups in total. The Kier molecular flexibility index (Phi) is 4.23. The molecular formula is C15H17F3N2O4S. The van der Waals surface area contributed by atoms with Gasteiger partial charge >= 0.3 is 6.36 Å². The van der Waals surface area contributed by atoms with Crippen molar-refractivity contribution in [3.8, 4) is 5.75 Å². The van der Waals surface area contributed by atoms with Crippen molar-refractivity contribution in [2.75, 3.05) is 13.6 Å². The number of halogens is 3. The summed E-state index contributed by atoms with van der Waals surface area (Å²) >= 11 is 0. The van der Waals surface area contributed by atoms with Gasteiger partial charge in [0.05, 0.1) is 5.54 Å². The Balaban J connectivity index is 1.72. The average Bonchev–Trinajstić information content (AvgIpc) is 3.20. The monoisotopic (exact) mass is 378 g/mol. The lowest BCUT2D eigenvalue weighted by Crippen LogP contribution is -2.44. The number of hydrogen-bond acceptors (Lipinski definition) is 4. The molecule has 0 bridgehead atoms. The molecule has 25 heavy (non-hydrogen) atoms. The number of carbonyl (C=O) groups excluding carboxylic acids is 1. The highest BCUT2D eigenvalue weighted by Crippen LogP contribution is 2.46. The minimum atomic E-state index is -4.77. The highest BCUT2D eigenvalue weighted by molar-refractivity contribution is 7.90. The number of sulfonamides is 1. The van der Waals surface area contributed by atoms with Crippen LogP contribution in [-0.4, -0.2) is 43.8 Å². The first-order chi connectivity index (χ1) is 11.5. The number of hydrogen-bond donors (Lipinski definition) is 1. The van der Waals surface area contributed by atoms with Crippen molar-refractivity contribution in [3.63, 3.8) is 0 Å². The number of nitrogens with zero attached hydrogens (tertiary/aromatic N) is 1. The standard InChI is InChI=1S/C15H17F3N2O4S/c1-20-9-6-12(25(20,22)23)13(21)19-14(7-8-14)10-2-4-11(5-3-10)24-15(16,17)18/h2-5,12H,6-9H2,1H3,(H,19,21). The Hall–Kier alpha value is -1.81. The summed E-state index contributed by atoms with van der Waals surface area (Å²) in [5, 5.41) is 1.64. The summed E-state index contributed by atoms with van der Waals surface area (Å²) in [4.78, 5) is 12.4. The first-order valence-electron chi connectivity index (χ1n) is 7.67. The van der Waals surface area contributed by atoms with E-state index in [2.05, 4.69) is 10.1 Å². The third-order valence-corrected chi connectivity index (χ3v) is 6.77. The normalized spacial score (nSPS) is 24.7. The Bertz CT molecular complexity index is 773. The maximum Gasteiger partial charge on any atom is 0.573 e. The Morgan fingerprint density at radius 2 is 1.88 bits per heavy atom. The second-order valence-corrected chi connectivity index (χ2v) is 8.51. The van der Waals surface area contributed by atoms with Gasteiger partial charge in [-0.1, -0.05) is 12.1 Å². The molecule has 2 aliphatic rings. The van der Waals surface area contributed by atoms with Gasteiger partial charge in [0, 0.05) is 13.6 Å². The summed E-state index contributed by atoms with van der Waals surface area (Å²) in [7, 11) is -2.22. The lowest BCUT2D eigenvalue weighted by molar-refractivity contribution is -0.274. The molecule has 1 heterocycles. The number of amides is 1. The quantitative estimate of drug-likeness (QED) is 0.866. The highest BCUT2D eigenvalue weighted by atomic mass is 32.2. The van der Waals surface area contributed by atoms with Gasteiger partial charge in [0.15, 0.2) is 5.25 Å². The molecule has 0 aromatic heterocycles. The van der Waals surface area contributed by atoms with Crippen molar-refractivity contribution in [1.82, 2.24) is 9.62 Å². The van der Waals surface area contributed by atoms with Crippen LogP contribution in [0, 0.1) is 0 Å². The number of benzene rings is 1. The van der Waals surface area contributed by atoms with Gasteiger partial charge in [-0.05, 0) is 37.0 Å². The van der Waals surface area contributed by atoms with Crippen LogP contribution in [0.4, 0.5) is 13.2 Å². The fourth-order valence-electron chi connectivity index (χ4n) is 2.96. The molecule has 3 rings (SSSR count). The van der Waals surface area contributed by atoms with Gasteiger partial charge in [-0.25, -0.2) is 12.7 Å². The zero-order valence-corrected chi connectivity index (χ0v) is 14.2. The van der Waals surface area contributed by atoms with Gasteiger partial charge in [0.1, 0.15) is 5.75 Å². The van der Waals surface area contributed by atoms with Gasteiger partial charge < -0.3 is 10.1 Å². The Morgan fingerprint density at radius 3 is 2.32 bits per heavy atom. The molecule has 1 unspecified atom stereocenters. The molecule has 1 aliphatic carbocycles. The lowest BCUT2D eigenvalue weighted by atomic mass is 10.0. The molecule has 2 fully saturated rings. The Labute approximate surface area is 143 Å². The van der Waals surface area contributed by atoms with Gasteiger partial charge in [-0.3, -0.25) is 4.79 Å². The van der Waals surface area contributed by atoms with Crippen LogP contribution < -0.4 is 10.1 Å². The molecule has 1 saturated carbocycles. The molecule has 6 nitrogen and oxygen atoms in total. The van der Waals surface area contributed by atoms with Gasteiger partial charge in [0.25, 0.3) is 0 Å². The van der Waals surface area contributed by atoms with Crippen LogP contribution >= 0.6 is 0 Å². The number of alkyl halides is 3. The highest BCUT2D eigenvalue weighted by Gasteiger charge is 2.49. The van der Waals surface area contributed by atoms with E-state index in [4.69, 9.17) is 0 Å². The first-order valence-corrected chi connectivity index (χ1v) is 9.17. The van der Waals surface area contributed by atoms with Gasteiger partial charge in [-0.2, -0.15) is 0 Å². The van der Waals surface area contributed by atoms with E-state index in [1.54, 1.807) is 0 Å². The summed E-state index contributed by atoms with van der Waals surface area (Å²) in [6.07, 6.45) is -3.35. The second-order valence-electron chi connectivity index (χ2n) is 6.29. The van der Waals surface area contributed by atoms with E-state index >= 15 is 0 Å². The molecule has 1 aromatic carbocycles. The number of carbonyl (C=O) groups is 1. The van der Waals surface area contributed by atoms with Crippen LogP contribution in [0.5, 0.6) is 5.75 Å². The topological polar surface area (TPSA) is 75.7 Å². The SMILES string of the molecule is CN1CCC(C(=O)NC2(c3ccc(OC(F)(F)F)cc3)CC2)S1(=O)=O. The smallest absolute Gasteiger partial charge is 0.406 e. The average molecular weight is 378 g/mol. The third kappa shape index (κ3) is 3.59. The molecule has 1 aliphatic heterocycles.